The van der Waals surface area contributed by atoms with Gasteiger partial charge in [-0.25, -0.2) is 8.42 Å². The van der Waals surface area contributed by atoms with Crippen LogP contribution in [-0.2, 0) is 32.6 Å². The Morgan fingerprint density at radius 3 is 2.17 bits per heavy atom. The van der Waals surface area contributed by atoms with Gasteiger partial charge >= 0.3 is 0 Å². The van der Waals surface area contributed by atoms with Crippen LogP contribution >= 0.6 is 23.2 Å². The molecule has 3 rings (SSSR count). The predicted octanol–water partition coefficient (Wildman–Crippen LogP) is 5.62. The highest BCUT2D eigenvalue weighted by Crippen LogP contribution is 2.26. The standard InChI is InChI=1S/C30H35Cl2N3O4S/c1-4-5-17-33-30(37)28(19-23-9-7-6-8-10-23)34(20-24-11-13-25(31)14-12-24)29(36)21-35(40(3,38)39)27-16-15-26(32)18-22(27)2/h6-16,18,28H,4-5,17,19-21H2,1-3H3,(H,33,37)/t28-/m0/s1. The Morgan fingerprint density at radius 1 is 0.925 bits per heavy atom. The van der Waals surface area contributed by atoms with E-state index in [9.17, 15) is 18.0 Å². The number of nitrogens with one attached hydrogen (secondary N) is 1. The third-order valence-corrected chi connectivity index (χ3v) is 8.09. The number of rotatable bonds is 13. The molecule has 3 aromatic carbocycles. The minimum Gasteiger partial charge on any atom is -0.354 e. The van der Waals surface area contributed by atoms with E-state index in [1.807, 2.05) is 37.3 Å². The molecule has 0 fully saturated rings. The number of unbranched alkanes of at least 4 members (excludes halogenated alkanes) is 1. The average Bonchev–Trinajstić information content (AvgIpc) is 2.90. The summed E-state index contributed by atoms with van der Waals surface area (Å²) in [5.74, 6) is -0.811. The Balaban J connectivity index is 2.04. The van der Waals surface area contributed by atoms with Gasteiger partial charge in [0.2, 0.25) is 21.8 Å². The molecule has 1 atom stereocenters. The Kier molecular flexibility index (Phi) is 11.4. The predicted molar refractivity (Wildman–Crippen MR) is 162 cm³/mol. The van der Waals surface area contributed by atoms with E-state index in [4.69, 9.17) is 23.2 Å². The van der Waals surface area contributed by atoms with Gasteiger partial charge in [0.15, 0.2) is 0 Å². The number of nitrogens with zero attached hydrogens (tertiary/aromatic N) is 2. The number of hydrogen-bond acceptors (Lipinski definition) is 4. The summed E-state index contributed by atoms with van der Waals surface area (Å²) < 4.78 is 26.9. The van der Waals surface area contributed by atoms with Crippen molar-refractivity contribution < 1.29 is 18.0 Å². The fourth-order valence-corrected chi connectivity index (χ4v) is 5.60. The van der Waals surface area contributed by atoms with Crippen LogP contribution in [0.3, 0.4) is 0 Å². The zero-order chi connectivity index (χ0) is 29.3. The van der Waals surface area contributed by atoms with E-state index >= 15 is 0 Å². The van der Waals surface area contributed by atoms with Gasteiger partial charge in [-0.2, -0.15) is 0 Å². The Labute approximate surface area is 247 Å². The molecule has 40 heavy (non-hydrogen) atoms. The van der Waals surface area contributed by atoms with Crippen molar-refractivity contribution in [2.24, 2.45) is 0 Å². The van der Waals surface area contributed by atoms with Gasteiger partial charge in [0.05, 0.1) is 11.9 Å². The molecule has 0 bridgehead atoms. The molecule has 2 amide bonds. The van der Waals surface area contributed by atoms with E-state index in [0.717, 1.165) is 34.5 Å². The quantitative estimate of drug-likeness (QED) is 0.257. The first kappa shape index (κ1) is 31.5. The fraction of sp³-hybridized carbons (Fsp3) is 0.333. The van der Waals surface area contributed by atoms with Gasteiger partial charge < -0.3 is 10.2 Å². The first-order valence-corrected chi connectivity index (χ1v) is 15.7. The van der Waals surface area contributed by atoms with Crippen LogP contribution in [0.15, 0.2) is 72.8 Å². The normalized spacial score (nSPS) is 12.0. The lowest BCUT2D eigenvalue weighted by atomic mass is 10.0. The van der Waals surface area contributed by atoms with Gasteiger partial charge in [0.1, 0.15) is 12.6 Å². The van der Waals surface area contributed by atoms with E-state index in [0.29, 0.717) is 27.8 Å². The molecule has 0 spiro atoms. The minimum atomic E-state index is -3.86. The van der Waals surface area contributed by atoms with E-state index in [1.165, 1.54) is 4.90 Å². The Hall–Kier alpha value is -3.07. The molecule has 3 aromatic rings. The maximum Gasteiger partial charge on any atom is 0.244 e. The molecule has 1 N–H and O–H groups in total. The highest BCUT2D eigenvalue weighted by atomic mass is 35.5. The molecule has 214 valence electrons. The van der Waals surface area contributed by atoms with Crippen LogP contribution < -0.4 is 9.62 Å². The molecule has 0 aliphatic carbocycles. The molecule has 0 radical (unpaired) electrons. The summed E-state index contributed by atoms with van der Waals surface area (Å²) in [5.41, 5.74) is 2.58. The van der Waals surface area contributed by atoms with Crippen molar-refractivity contribution >= 4 is 50.7 Å². The summed E-state index contributed by atoms with van der Waals surface area (Å²) >= 11 is 12.2. The first-order valence-electron chi connectivity index (χ1n) is 13.1. The monoisotopic (exact) mass is 603 g/mol. The maximum absolute atomic E-state index is 14.1. The molecular weight excluding hydrogens is 569 g/mol. The number of sulfonamides is 1. The molecule has 0 aromatic heterocycles. The highest BCUT2D eigenvalue weighted by molar-refractivity contribution is 7.92. The van der Waals surface area contributed by atoms with Crippen LogP contribution in [0.5, 0.6) is 0 Å². The summed E-state index contributed by atoms with van der Waals surface area (Å²) in [5, 5.41) is 3.96. The van der Waals surface area contributed by atoms with Crippen molar-refractivity contribution in [3.8, 4) is 0 Å². The lowest BCUT2D eigenvalue weighted by Crippen LogP contribution is -2.53. The van der Waals surface area contributed by atoms with Crippen molar-refractivity contribution in [1.82, 2.24) is 10.2 Å². The Bertz CT molecular complexity index is 1400. The number of benzene rings is 3. The summed E-state index contributed by atoms with van der Waals surface area (Å²) in [6.07, 6.45) is 3.02. The SMILES string of the molecule is CCCCNC(=O)[C@H](Cc1ccccc1)N(Cc1ccc(Cl)cc1)C(=O)CN(c1ccc(Cl)cc1C)S(C)(=O)=O. The molecule has 10 heteroatoms. The van der Waals surface area contributed by atoms with Gasteiger partial charge in [-0.15, -0.1) is 0 Å². The second-order valence-corrected chi connectivity index (χ2v) is 12.5. The smallest absolute Gasteiger partial charge is 0.244 e. The second kappa shape index (κ2) is 14.5. The van der Waals surface area contributed by atoms with Crippen LogP contribution in [0.25, 0.3) is 0 Å². The number of halogens is 2. The fourth-order valence-electron chi connectivity index (χ4n) is 4.34. The van der Waals surface area contributed by atoms with Crippen molar-refractivity contribution in [2.45, 2.75) is 45.7 Å². The third-order valence-electron chi connectivity index (χ3n) is 6.47. The molecule has 0 aliphatic heterocycles. The number of carbonyl (C=O) groups excluding carboxylic acids is 2. The number of amides is 2. The molecular formula is C30H35Cl2N3O4S. The van der Waals surface area contributed by atoms with Crippen molar-refractivity contribution in [3.05, 3.63) is 99.5 Å². The summed E-state index contributed by atoms with van der Waals surface area (Å²) in [7, 11) is -3.86. The van der Waals surface area contributed by atoms with E-state index in [-0.39, 0.29) is 18.9 Å². The van der Waals surface area contributed by atoms with Crippen LogP contribution in [-0.4, -0.2) is 50.5 Å². The molecule has 0 saturated carbocycles. The average molecular weight is 605 g/mol. The molecule has 7 nitrogen and oxygen atoms in total. The maximum atomic E-state index is 14.1. The van der Waals surface area contributed by atoms with Crippen LogP contribution in [0.4, 0.5) is 5.69 Å². The zero-order valence-electron chi connectivity index (χ0n) is 22.9. The van der Waals surface area contributed by atoms with Gasteiger partial charge in [-0.05, 0) is 60.4 Å². The Morgan fingerprint density at radius 2 is 1.57 bits per heavy atom. The molecule has 0 unspecified atom stereocenters. The lowest BCUT2D eigenvalue weighted by Gasteiger charge is -2.34. The molecule has 0 saturated heterocycles. The second-order valence-electron chi connectivity index (χ2n) is 9.70. The number of carbonyl (C=O) groups is 2. The van der Waals surface area contributed by atoms with Gasteiger partial charge in [0, 0.05) is 29.6 Å². The van der Waals surface area contributed by atoms with Crippen molar-refractivity contribution in [2.75, 3.05) is 23.7 Å². The number of anilines is 1. The van der Waals surface area contributed by atoms with Gasteiger partial charge in [-0.1, -0.05) is 79.0 Å². The highest BCUT2D eigenvalue weighted by Gasteiger charge is 2.33. The summed E-state index contributed by atoms with van der Waals surface area (Å²) in [4.78, 5) is 29.1. The van der Waals surface area contributed by atoms with E-state index < -0.39 is 28.5 Å². The van der Waals surface area contributed by atoms with Crippen molar-refractivity contribution in [3.63, 3.8) is 0 Å². The van der Waals surface area contributed by atoms with Crippen molar-refractivity contribution in [1.29, 1.82) is 0 Å². The van der Waals surface area contributed by atoms with Crippen LogP contribution in [0.1, 0.15) is 36.5 Å². The topological polar surface area (TPSA) is 86.8 Å². The zero-order valence-corrected chi connectivity index (χ0v) is 25.3. The first-order chi connectivity index (χ1) is 19.0. The lowest BCUT2D eigenvalue weighted by molar-refractivity contribution is -0.140. The summed E-state index contributed by atoms with van der Waals surface area (Å²) in [6.45, 7) is 3.84. The van der Waals surface area contributed by atoms with E-state index in [1.54, 1.807) is 49.4 Å². The largest absolute Gasteiger partial charge is 0.354 e. The minimum absolute atomic E-state index is 0.0892. The van der Waals surface area contributed by atoms with Gasteiger partial charge in [0.25, 0.3) is 0 Å². The molecule has 0 heterocycles. The van der Waals surface area contributed by atoms with Crippen LogP contribution in [0.2, 0.25) is 10.0 Å². The number of aryl methyl sites for hydroxylation is 1. The molecule has 0 aliphatic rings. The van der Waals surface area contributed by atoms with Gasteiger partial charge in [-0.3, -0.25) is 13.9 Å². The third kappa shape index (κ3) is 8.98. The van der Waals surface area contributed by atoms with Crippen LogP contribution in [0, 0.1) is 6.92 Å². The summed E-state index contributed by atoms with van der Waals surface area (Å²) in [6, 6.07) is 20.4. The van der Waals surface area contributed by atoms with E-state index in [2.05, 4.69) is 5.32 Å². The number of hydrogen-bond donors (Lipinski definition) is 1.